The third-order valence-electron chi connectivity index (χ3n) is 3.44. The van der Waals surface area contributed by atoms with Crippen LogP contribution < -0.4 is 10.5 Å². The molecule has 2 aromatic carbocycles. The number of nitriles is 1. The minimum atomic E-state index is -0.577. The van der Waals surface area contributed by atoms with Crippen molar-refractivity contribution in [1.29, 1.82) is 5.26 Å². The Kier molecular flexibility index (Phi) is 5.17. The van der Waals surface area contributed by atoms with Gasteiger partial charge >= 0.3 is 5.76 Å². The van der Waals surface area contributed by atoms with Crippen LogP contribution in [0, 0.1) is 11.3 Å². The monoisotopic (exact) mass is 355 g/mol. The fourth-order valence-corrected chi connectivity index (χ4v) is 2.42. The van der Waals surface area contributed by atoms with Gasteiger partial charge in [0.25, 0.3) is 0 Å². The zero-order chi connectivity index (χ0) is 17.6. The molecule has 0 amide bonds. The lowest BCUT2D eigenvalue weighted by Gasteiger charge is -2.06. The van der Waals surface area contributed by atoms with Gasteiger partial charge in [-0.05, 0) is 42.0 Å². The molecule has 0 atom stereocenters. The van der Waals surface area contributed by atoms with E-state index in [-0.39, 0.29) is 18.9 Å². The van der Waals surface area contributed by atoms with Crippen LogP contribution in [-0.2, 0) is 13.2 Å². The van der Waals surface area contributed by atoms with Crippen LogP contribution in [0.1, 0.15) is 12.0 Å². The highest BCUT2D eigenvalue weighted by atomic mass is 35.5. The molecule has 1 aromatic heterocycles. The van der Waals surface area contributed by atoms with E-state index in [2.05, 4.69) is 5.10 Å². The first kappa shape index (κ1) is 16.8. The molecule has 0 aliphatic carbocycles. The van der Waals surface area contributed by atoms with E-state index in [9.17, 15) is 4.79 Å². The summed E-state index contributed by atoms with van der Waals surface area (Å²) >= 11 is 5.94. The van der Waals surface area contributed by atoms with Crippen molar-refractivity contribution in [2.24, 2.45) is 0 Å². The molecule has 0 unspecified atom stereocenters. The Morgan fingerprint density at radius 1 is 1.24 bits per heavy atom. The lowest BCUT2D eigenvalue weighted by Crippen LogP contribution is -2.15. The number of rotatable bonds is 6. The van der Waals surface area contributed by atoms with Crippen LogP contribution >= 0.6 is 11.6 Å². The average molecular weight is 356 g/mol. The molecule has 0 aliphatic heterocycles. The van der Waals surface area contributed by atoms with Crippen LogP contribution in [-0.4, -0.2) is 9.78 Å². The number of hydrogen-bond donors (Lipinski definition) is 0. The number of benzene rings is 2. The van der Waals surface area contributed by atoms with Crippen molar-refractivity contribution in [3.05, 3.63) is 69.7 Å². The molecular formula is C18H14ClN3O3. The fourth-order valence-electron chi connectivity index (χ4n) is 2.21. The van der Waals surface area contributed by atoms with Gasteiger partial charge in [-0.15, -0.1) is 5.10 Å². The van der Waals surface area contributed by atoms with E-state index in [1.807, 2.05) is 30.3 Å². The first-order valence-corrected chi connectivity index (χ1v) is 7.96. The van der Waals surface area contributed by atoms with Crippen molar-refractivity contribution in [2.75, 3.05) is 0 Å². The molecule has 0 aliphatic rings. The van der Waals surface area contributed by atoms with Crippen LogP contribution in [0.5, 0.6) is 5.75 Å². The summed E-state index contributed by atoms with van der Waals surface area (Å²) in [4.78, 5) is 11.7. The Morgan fingerprint density at radius 3 is 2.76 bits per heavy atom. The topological polar surface area (TPSA) is 81.1 Å². The molecule has 0 radical (unpaired) electrons. The summed E-state index contributed by atoms with van der Waals surface area (Å²) in [5, 5.41) is 13.3. The quantitative estimate of drug-likeness (QED) is 0.674. The number of aromatic nitrogens is 2. The summed E-state index contributed by atoms with van der Waals surface area (Å²) in [6, 6.07) is 16.5. The average Bonchev–Trinajstić information content (AvgIpc) is 2.99. The number of ether oxygens (including phenoxy) is 1. The second-order valence-electron chi connectivity index (χ2n) is 5.25. The lowest BCUT2D eigenvalue weighted by molar-refractivity contribution is 0.306. The molecule has 6 nitrogen and oxygen atoms in total. The van der Waals surface area contributed by atoms with Gasteiger partial charge < -0.3 is 9.15 Å². The van der Waals surface area contributed by atoms with Gasteiger partial charge in [0.1, 0.15) is 12.4 Å². The van der Waals surface area contributed by atoms with Crippen LogP contribution in [0.15, 0.2) is 57.7 Å². The summed E-state index contributed by atoms with van der Waals surface area (Å²) in [6.07, 6.45) is 0.197. The van der Waals surface area contributed by atoms with Gasteiger partial charge in [0.2, 0.25) is 5.89 Å². The molecular weight excluding hydrogens is 342 g/mol. The van der Waals surface area contributed by atoms with E-state index in [1.54, 1.807) is 24.3 Å². The minimum absolute atomic E-state index is 0.197. The molecule has 3 aromatic rings. The Balaban J connectivity index is 1.68. The van der Waals surface area contributed by atoms with Gasteiger partial charge in [-0.2, -0.15) is 9.94 Å². The maximum absolute atomic E-state index is 11.7. The summed E-state index contributed by atoms with van der Waals surface area (Å²) in [7, 11) is 0. The molecule has 0 bridgehead atoms. The van der Waals surface area contributed by atoms with E-state index >= 15 is 0 Å². The third-order valence-corrected chi connectivity index (χ3v) is 3.67. The highest BCUT2D eigenvalue weighted by Crippen LogP contribution is 2.21. The Hall–Kier alpha value is -3.04. The lowest BCUT2D eigenvalue weighted by atomic mass is 10.2. The molecule has 1 heterocycles. The van der Waals surface area contributed by atoms with Gasteiger partial charge in [-0.1, -0.05) is 23.7 Å². The highest BCUT2D eigenvalue weighted by molar-refractivity contribution is 6.30. The van der Waals surface area contributed by atoms with E-state index in [1.165, 1.54) is 0 Å². The van der Waals surface area contributed by atoms with Crippen LogP contribution in [0.4, 0.5) is 0 Å². The number of aryl methyl sites for hydroxylation is 1. The Morgan fingerprint density at radius 2 is 2.04 bits per heavy atom. The molecule has 0 N–H and O–H groups in total. The third kappa shape index (κ3) is 4.28. The SMILES string of the molecule is N#CCCn1nc(-c2ccc(OCc3cccc(Cl)c3)cc2)oc1=O. The van der Waals surface area contributed by atoms with Gasteiger partial charge in [0, 0.05) is 10.6 Å². The molecule has 126 valence electrons. The molecule has 0 fully saturated rings. The molecule has 3 rings (SSSR count). The summed E-state index contributed by atoms with van der Waals surface area (Å²) < 4.78 is 12.0. The van der Waals surface area contributed by atoms with Crippen molar-refractivity contribution >= 4 is 11.6 Å². The van der Waals surface area contributed by atoms with E-state index < -0.39 is 5.76 Å². The van der Waals surface area contributed by atoms with Crippen LogP contribution in [0.3, 0.4) is 0 Å². The summed E-state index contributed by atoms with van der Waals surface area (Å²) in [6.45, 7) is 0.609. The summed E-state index contributed by atoms with van der Waals surface area (Å²) in [5.41, 5.74) is 1.63. The van der Waals surface area contributed by atoms with Crippen LogP contribution in [0.2, 0.25) is 5.02 Å². The second kappa shape index (κ2) is 7.69. The predicted molar refractivity (Wildman–Crippen MR) is 92.2 cm³/mol. The fraction of sp³-hybridized carbons (Fsp3) is 0.167. The van der Waals surface area contributed by atoms with Gasteiger partial charge in [-0.3, -0.25) is 0 Å². The van der Waals surface area contributed by atoms with Gasteiger partial charge in [-0.25, -0.2) is 4.79 Å². The number of halogens is 1. The number of nitrogens with zero attached hydrogens (tertiary/aromatic N) is 3. The smallest absolute Gasteiger partial charge is 0.437 e. The summed E-state index contributed by atoms with van der Waals surface area (Å²) in [5.74, 6) is 0.311. The van der Waals surface area contributed by atoms with Crippen molar-refractivity contribution in [2.45, 2.75) is 19.6 Å². The molecule has 0 spiro atoms. The van der Waals surface area contributed by atoms with Crippen molar-refractivity contribution < 1.29 is 9.15 Å². The standard InChI is InChI=1S/C18H14ClN3O3/c19-15-4-1-3-13(11-15)12-24-16-7-5-14(6-8-16)17-21-22(10-2-9-20)18(23)25-17/h1,3-8,11H,2,10,12H2. The minimum Gasteiger partial charge on any atom is -0.489 e. The first-order chi connectivity index (χ1) is 12.2. The molecule has 0 saturated carbocycles. The van der Waals surface area contributed by atoms with Crippen LogP contribution in [0.25, 0.3) is 11.5 Å². The van der Waals surface area contributed by atoms with E-state index in [4.69, 9.17) is 26.0 Å². The zero-order valence-electron chi connectivity index (χ0n) is 13.2. The number of hydrogen-bond acceptors (Lipinski definition) is 5. The molecule has 25 heavy (non-hydrogen) atoms. The first-order valence-electron chi connectivity index (χ1n) is 7.58. The molecule has 7 heteroatoms. The molecule has 0 saturated heterocycles. The zero-order valence-corrected chi connectivity index (χ0v) is 13.9. The normalized spacial score (nSPS) is 10.4. The van der Waals surface area contributed by atoms with Gasteiger partial charge in [0.05, 0.1) is 19.0 Å². The maximum Gasteiger partial charge on any atom is 0.437 e. The Labute approximate surface area is 148 Å². The van der Waals surface area contributed by atoms with Crippen molar-refractivity contribution in [3.63, 3.8) is 0 Å². The Bertz CT molecular complexity index is 955. The largest absolute Gasteiger partial charge is 0.489 e. The predicted octanol–water partition coefficient (Wildman–Crippen LogP) is 3.65. The van der Waals surface area contributed by atoms with Crippen molar-refractivity contribution in [3.8, 4) is 23.3 Å². The second-order valence-corrected chi connectivity index (χ2v) is 5.68. The van der Waals surface area contributed by atoms with Gasteiger partial charge in [0.15, 0.2) is 0 Å². The van der Waals surface area contributed by atoms with E-state index in [0.29, 0.717) is 22.9 Å². The van der Waals surface area contributed by atoms with E-state index in [0.717, 1.165) is 10.2 Å². The highest BCUT2D eigenvalue weighted by Gasteiger charge is 2.10. The maximum atomic E-state index is 11.7. The van der Waals surface area contributed by atoms with Crippen molar-refractivity contribution in [1.82, 2.24) is 9.78 Å².